The van der Waals surface area contributed by atoms with Gasteiger partial charge in [0.1, 0.15) is 10.0 Å². The summed E-state index contributed by atoms with van der Waals surface area (Å²) in [6.45, 7) is 0. The topological polar surface area (TPSA) is 68.3 Å². The van der Waals surface area contributed by atoms with Gasteiger partial charge in [0.05, 0.1) is 5.22 Å². The Morgan fingerprint density at radius 2 is 1.33 bits per heavy atom. The zero-order valence-corrected chi connectivity index (χ0v) is 13.4. The Morgan fingerprint density at radius 1 is 0.625 bits per heavy atom. The minimum absolute atomic E-state index is 0.0494. The molecule has 0 bridgehead atoms. The smallest absolute Gasteiger partial charge is 0.210 e. The summed E-state index contributed by atoms with van der Waals surface area (Å²) >= 11 is 11.6. The van der Waals surface area contributed by atoms with Gasteiger partial charge in [0.2, 0.25) is 10.9 Å². The highest BCUT2D eigenvalue weighted by Gasteiger charge is 2.15. The molecule has 24 heavy (non-hydrogen) atoms. The third-order valence-corrected chi connectivity index (χ3v) is 4.90. The van der Waals surface area contributed by atoms with Crippen LogP contribution in [0.5, 0.6) is 0 Å². The van der Waals surface area contributed by atoms with E-state index in [4.69, 9.17) is 23.2 Å². The molecule has 4 nitrogen and oxygen atoms in total. The van der Waals surface area contributed by atoms with Crippen molar-refractivity contribution >= 4 is 44.7 Å². The highest BCUT2D eigenvalue weighted by Crippen LogP contribution is 2.20. The van der Waals surface area contributed by atoms with Crippen molar-refractivity contribution in [1.29, 1.82) is 0 Å². The van der Waals surface area contributed by atoms with Crippen molar-refractivity contribution in [1.82, 2.24) is 0 Å². The molecule has 0 unspecified atom stereocenters. The van der Waals surface area contributed by atoms with Crippen molar-refractivity contribution in [3.8, 4) is 0 Å². The molecular weight excluding hydrogens is 351 g/mol. The number of benzene rings is 2. The zero-order valence-electron chi connectivity index (χ0n) is 11.9. The maximum Gasteiger partial charge on any atom is 0.210 e. The Bertz CT molecular complexity index is 1450. The van der Waals surface area contributed by atoms with Gasteiger partial charge in [-0.15, -0.1) is 0 Å². The third-order valence-electron chi connectivity index (χ3n) is 4.08. The van der Waals surface area contributed by atoms with Gasteiger partial charge in [0.25, 0.3) is 0 Å². The van der Waals surface area contributed by atoms with Gasteiger partial charge in [-0.1, -0.05) is 29.3 Å². The van der Waals surface area contributed by atoms with E-state index in [-0.39, 0.29) is 26.3 Å². The van der Waals surface area contributed by atoms with Crippen LogP contribution in [0.25, 0.3) is 21.5 Å². The zero-order chi connectivity index (χ0) is 17.2. The van der Waals surface area contributed by atoms with E-state index in [1.807, 2.05) is 0 Å². The van der Waals surface area contributed by atoms with Crippen LogP contribution in [0, 0.1) is 10.4 Å². The second kappa shape index (κ2) is 4.97. The van der Waals surface area contributed by atoms with E-state index in [1.165, 1.54) is 18.2 Å². The summed E-state index contributed by atoms with van der Waals surface area (Å²) in [5.74, 6) is 0. The van der Waals surface area contributed by atoms with Crippen molar-refractivity contribution in [2.24, 2.45) is 0 Å². The van der Waals surface area contributed by atoms with Crippen molar-refractivity contribution in [3.05, 3.63) is 97.8 Å². The maximum atomic E-state index is 12.7. The first-order valence-electron chi connectivity index (χ1n) is 6.91. The fourth-order valence-electron chi connectivity index (χ4n) is 2.93. The highest BCUT2D eigenvalue weighted by molar-refractivity contribution is 6.41. The molecule has 0 saturated heterocycles. The molecule has 2 aromatic rings. The Balaban J connectivity index is 2.40. The van der Waals surface area contributed by atoms with Gasteiger partial charge in [-0.2, -0.15) is 0 Å². The van der Waals surface area contributed by atoms with E-state index in [0.29, 0.717) is 10.8 Å². The van der Waals surface area contributed by atoms with Crippen LogP contribution in [0.3, 0.4) is 0 Å². The molecule has 2 aromatic carbocycles. The summed E-state index contributed by atoms with van der Waals surface area (Å²) in [6.07, 6.45) is 0. The molecule has 0 spiro atoms. The lowest BCUT2D eigenvalue weighted by atomic mass is 10.0. The molecule has 2 aliphatic rings. The van der Waals surface area contributed by atoms with Crippen molar-refractivity contribution in [2.75, 3.05) is 0 Å². The molecule has 0 N–H and O–H groups in total. The third kappa shape index (κ3) is 1.94. The van der Waals surface area contributed by atoms with Crippen LogP contribution in [-0.4, -0.2) is 0 Å². The Kier molecular flexibility index (Phi) is 3.10. The van der Waals surface area contributed by atoms with Crippen molar-refractivity contribution in [3.63, 3.8) is 0 Å². The molecule has 0 radical (unpaired) electrons. The van der Waals surface area contributed by atoms with Gasteiger partial charge in [-0.25, -0.2) is 0 Å². The summed E-state index contributed by atoms with van der Waals surface area (Å²) < 4.78 is 0. The van der Waals surface area contributed by atoms with Gasteiger partial charge in [0.15, 0.2) is 10.9 Å². The lowest BCUT2D eigenvalue weighted by Gasteiger charge is -2.03. The van der Waals surface area contributed by atoms with Crippen molar-refractivity contribution in [2.45, 2.75) is 0 Å². The number of fused-ring (bicyclic) bond motifs is 2. The second-order valence-corrected chi connectivity index (χ2v) is 6.25. The van der Waals surface area contributed by atoms with Gasteiger partial charge < -0.3 is 0 Å². The van der Waals surface area contributed by atoms with Crippen LogP contribution in [0.2, 0.25) is 10.0 Å². The van der Waals surface area contributed by atoms with E-state index in [9.17, 15) is 19.2 Å². The van der Waals surface area contributed by atoms with E-state index in [1.54, 1.807) is 18.2 Å². The van der Waals surface area contributed by atoms with Crippen LogP contribution in [0.1, 0.15) is 0 Å². The van der Waals surface area contributed by atoms with Crippen LogP contribution in [0.15, 0.2) is 55.6 Å². The fourth-order valence-corrected chi connectivity index (χ4v) is 3.29. The maximum absolute atomic E-state index is 12.7. The normalized spacial score (nSPS) is 11.6. The molecule has 0 saturated carbocycles. The summed E-state index contributed by atoms with van der Waals surface area (Å²) in [5.41, 5.74) is -2.19. The lowest BCUT2D eigenvalue weighted by molar-refractivity contribution is 1.34. The molecule has 0 aromatic heterocycles. The van der Waals surface area contributed by atoms with Crippen molar-refractivity contribution < 1.29 is 0 Å². The molecule has 0 amide bonds. The quantitative estimate of drug-likeness (QED) is 0.485. The van der Waals surface area contributed by atoms with Crippen LogP contribution >= 0.6 is 23.2 Å². The van der Waals surface area contributed by atoms with Gasteiger partial charge >= 0.3 is 0 Å². The molecule has 4 rings (SSSR count). The molecule has 0 heterocycles. The SMILES string of the molecule is O=c1ccc2cc3cc4c(=O)c(Cl)c(Cl)c(=O)c=4c(=O)c3cc2c1. The average molecular weight is 357 g/mol. The summed E-state index contributed by atoms with van der Waals surface area (Å²) in [5, 5.41) is 0.908. The number of hydrogen-bond acceptors (Lipinski definition) is 4. The largest absolute Gasteiger partial charge is 0.290 e. The van der Waals surface area contributed by atoms with Gasteiger partial charge in [-0.3, -0.25) is 19.2 Å². The molecule has 0 atom stereocenters. The first kappa shape index (κ1) is 15.0. The number of halogens is 2. The average Bonchev–Trinajstić information content (AvgIpc) is 2.56. The lowest BCUT2D eigenvalue weighted by Crippen LogP contribution is -2.23. The highest BCUT2D eigenvalue weighted by atomic mass is 35.5. The van der Waals surface area contributed by atoms with E-state index in [0.717, 1.165) is 5.39 Å². The van der Waals surface area contributed by atoms with Crippen LogP contribution < -0.4 is 21.7 Å². The predicted octanol–water partition coefficient (Wildman–Crippen LogP) is 2.34. The van der Waals surface area contributed by atoms with Crippen LogP contribution in [0.4, 0.5) is 0 Å². The minimum atomic E-state index is -0.763. The Labute approximate surface area is 142 Å². The van der Waals surface area contributed by atoms with Gasteiger partial charge in [-0.05, 0) is 46.5 Å². The van der Waals surface area contributed by atoms with E-state index >= 15 is 0 Å². The first-order valence-corrected chi connectivity index (χ1v) is 7.67. The Morgan fingerprint density at radius 3 is 2.08 bits per heavy atom. The predicted molar refractivity (Wildman–Crippen MR) is 94.2 cm³/mol. The first-order chi connectivity index (χ1) is 11.4. The number of rotatable bonds is 0. The standard InChI is InChI=1S/C18H6Cl2O4/c19-14-15(20)18(24)13-12(17(14)23)6-9-3-7-1-2-10(21)4-8(7)5-11(9)16(13)22/h1-6H. The van der Waals surface area contributed by atoms with Crippen LogP contribution in [-0.2, 0) is 0 Å². The summed E-state index contributed by atoms with van der Waals surface area (Å²) in [7, 11) is 0. The molecule has 2 aliphatic carbocycles. The molecule has 0 fully saturated rings. The van der Waals surface area contributed by atoms with E-state index < -0.39 is 21.3 Å². The fraction of sp³-hybridized carbons (Fsp3) is 0. The monoisotopic (exact) mass is 356 g/mol. The minimum Gasteiger partial charge on any atom is -0.290 e. The number of hydrogen-bond donors (Lipinski definition) is 0. The molecule has 6 heteroatoms. The molecule has 0 aliphatic heterocycles. The summed E-state index contributed by atoms with van der Waals surface area (Å²) in [6, 6.07) is 9.15. The molecule has 116 valence electrons. The Hall–Kier alpha value is -2.56. The second-order valence-electron chi connectivity index (χ2n) is 5.50. The summed E-state index contributed by atoms with van der Waals surface area (Å²) in [4.78, 5) is 48.8. The van der Waals surface area contributed by atoms with Gasteiger partial charge in [0, 0.05) is 10.6 Å². The molecular formula is C18H6Cl2O4. The van der Waals surface area contributed by atoms with E-state index in [2.05, 4.69) is 0 Å².